The number of aldehydes is 1. The van der Waals surface area contributed by atoms with Gasteiger partial charge in [0, 0.05) is 10.9 Å². The van der Waals surface area contributed by atoms with E-state index in [1.165, 1.54) is 0 Å². The van der Waals surface area contributed by atoms with Crippen molar-refractivity contribution in [1.29, 1.82) is 0 Å². The molecule has 0 aliphatic rings. The predicted molar refractivity (Wildman–Crippen MR) is 85.1 cm³/mol. The van der Waals surface area contributed by atoms with Crippen LogP contribution in [0.2, 0.25) is 5.02 Å². The van der Waals surface area contributed by atoms with Gasteiger partial charge in [0.1, 0.15) is 18.6 Å². The second kappa shape index (κ2) is 5.98. The molecular formula is C18H13ClO2. The van der Waals surface area contributed by atoms with E-state index < -0.39 is 0 Å². The first-order valence-corrected chi connectivity index (χ1v) is 7.00. The van der Waals surface area contributed by atoms with E-state index in [0.717, 1.165) is 22.6 Å². The molecule has 0 aliphatic heterocycles. The van der Waals surface area contributed by atoms with Crippen molar-refractivity contribution in [3.8, 4) is 5.75 Å². The molecule has 3 aromatic rings. The zero-order chi connectivity index (χ0) is 14.7. The van der Waals surface area contributed by atoms with Gasteiger partial charge in [-0.2, -0.15) is 0 Å². The van der Waals surface area contributed by atoms with Crippen molar-refractivity contribution >= 4 is 28.7 Å². The molecule has 0 aliphatic carbocycles. The number of fused-ring (bicyclic) bond motifs is 1. The molecule has 0 N–H and O–H groups in total. The summed E-state index contributed by atoms with van der Waals surface area (Å²) in [6.07, 6.45) is 0.827. The summed E-state index contributed by atoms with van der Waals surface area (Å²) in [6, 6.07) is 19.1. The van der Waals surface area contributed by atoms with Crippen LogP contribution in [0.25, 0.3) is 10.8 Å². The molecule has 3 aromatic carbocycles. The maximum absolute atomic E-state index is 10.8. The van der Waals surface area contributed by atoms with Crippen molar-refractivity contribution in [2.24, 2.45) is 0 Å². The molecule has 0 aromatic heterocycles. The lowest BCUT2D eigenvalue weighted by Gasteiger charge is -2.10. The lowest BCUT2D eigenvalue weighted by atomic mass is 10.1. The van der Waals surface area contributed by atoms with Gasteiger partial charge in [-0.1, -0.05) is 60.1 Å². The number of hydrogen-bond donors (Lipinski definition) is 0. The average molecular weight is 297 g/mol. The number of carbonyl (C=O) groups excluding carboxylic acids is 1. The molecule has 3 heteroatoms. The number of hydrogen-bond acceptors (Lipinski definition) is 2. The molecular weight excluding hydrogens is 284 g/mol. The Morgan fingerprint density at radius 1 is 1.00 bits per heavy atom. The molecule has 0 saturated heterocycles. The molecule has 3 rings (SSSR count). The first-order valence-electron chi connectivity index (χ1n) is 6.62. The summed E-state index contributed by atoms with van der Waals surface area (Å²) in [5.41, 5.74) is 1.72. The molecule has 0 fully saturated rings. The lowest BCUT2D eigenvalue weighted by molar-refractivity contribution is 0.112. The molecule has 0 saturated carbocycles. The van der Waals surface area contributed by atoms with Gasteiger partial charge >= 0.3 is 0 Å². The molecule has 21 heavy (non-hydrogen) atoms. The highest BCUT2D eigenvalue weighted by Crippen LogP contribution is 2.33. The molecule has 0 spiro atoms. The van der Waals surface area contributed by atoms with Gasteiger partial charge in [0.15, 0.2) is 0 Å². The van der Waals surface area contributed by atoms with Crippen LogP contribution in [0.5, 0.6) is 5.75 Å². The van der Waals surface area contributed by atoms with Crippen LogP contribution < -0.4 is 4.74 Å². The zero-order valence-corrected chi connectivity index (χ0v) is 12.0. The van der Waals surface area contributed by atoms with Crippen LogP contribution in [0, 0.1) is 0 Å². The molecule has 0 radical (unpaired) electrons. The second-order valence-electron chi connectivity index (χ2n) is 4.75. The van der Waals surface area contributed by atoms with Crippen LogP contribution in [0.15, 0.2) is 60.7 Å². The van der Waals surface area contributed by atoms with Crippen LogP contribution in [-0.4, -0.2) is 6.29 Å². The van der Waals surface area contributed by atoms with Gasteiger partial charge in [0.25, 0.3) is 0 Å². The minimum absolute atomic E-state index is 0.471. The molecule has 0 amide bonds. The third-order valence-electron chi connectivity index (χ3n) is 3.32. The summed E-state index contributed by atoms with van der Waals surface area (Å²) in [6.45, 7) is 0.471. The van der Waals surface area contributed by atoms with Gasteiger partial charge in [-0.15, -0.1) is 0 Å². The summed E-state index contributed by atoms with van der Waals surface area (Å²) in [5, 5.41) is 2.38. The van der Waals surface area contributed by atoms with E-state index >= 15 is 0 Å². The van der Waals surface area contributed by atoms with E-state index in [1.807, 2.05) is 54.6 Å². The van der Waals surface area contributed by atoms with Gasteiger partial charge in [-0.05, 0) is 23.1 Å². The third kappa shape index (κ3) is 2.91. The summed E-state index contributed by atoms with van der Waals surface area (Å²) in [5.74, 6) is 0.645. The lowest BCUT2D eigenvalue weighted by Crippen LogP contribution is -1.96. The van der Waals surface area contributed by atoms with E-state index in [1.54, 1.807) is 6.07 Å². The minimum Gasteiger partial charge on any atom is -0.487 e. The standard InChI is InChI=1S/C18H13ClO2/c19-18-16-8-6-14(11-20)10-15(16)7-9-17(18)21-12-13-4-2-1-3-5-13/h1-11H,12H2. The number of halogens is 1. The first kappa shape index (κ1) is 13.7. The highest BCUT2D eigenvalue weighted by molar-refractivity contribution is 6.37. The van der Waals surface area contributed by atoms with E-state index in [0.29, 0.717) is 22.9 Å². The Labute approximate surface area is 127 Å². The molecule has 0 unspecified atom stereocenters. The van der Waals surface area contributed by atoms with E-state index in [4.69, 9.17) is 16.3 Å². The van der Waals surface area contributed by atoms with Crippen LogP contribution >= 0.6 is 11.6 Å². The Kier molecular flexibility index (Phi) is 3.89. The summed E-state index contributed by atoms with van der Waals surface area (Å²) in [7, 11) is 0. The van der Waals surface area contributed by atoms with E-state index in [9.17, 15) is 4.79 Å². The normalized spacial score (nSPS) is 10.5. The second-order valence-corrected chi connectivity index (χ2v) is 5.13. The number of carbonyl (C=O) groups is 1. The highest BCUT2D eigenvalue weighted by atomic mass is 35.5. The van der Waals surface area contributed by atoms with Gasteiger partial charge in [-0.3, -0.25) is 4.79 Å². The first-order chi connectivity index (χ1) is 10.3. The van der Waals surface area contributed by atoms with Crippen LogP contribution in [0.1, 0.15) is 15.9 Å². The van der Waals surface area contributed by atoms with Crippen LogP contribution in [0.3, 0.4) is 0 Å². The van der Waals surface area contributed by atoms with Crippen LogP contribution in [0.4, 0.5) is 0 Å². The Morgan fingerprint density at radius 2 is 1.81 bits per heavy atom. The fourth-order valence-corrected chi connectivity index (χ4v) is 2.50. The Bertz CT molecular complexity index is 782. The van der Waals surface area contributed by atoms with Crippen molar-refractivity contribution in [1.82, 2.24) is 0 Å². The van der Waals surface area contributed by atoms with Gasteiger partial charge in [-0.25, -0.2) is 0 Å². The van der Waals surface area contributed by atoms with Gasteiger partial charge in [0.2, 0.25) is 0 Å². The molecule has 0 bridgehead atoms. The Balaban J connectivity index is 1.89. The number of ether oxygens (including phenoxy) is 1. The maximum Gasteiger partial charge on any atom is 0.150 e. The fourth-order valence-electron chi connectivity index (χ4n) is 2.21. The number of rotatable bonds is 4. The molecule has 0 atom stereocenters. The maximum atomic E-state index is 10.8. The SMILES string of the molecule is O=Cc1ccc2c(Cl)c(OCc3ccccc3)ccc2c1. The number of benzene rings is 3. The van der Waals surface area contributed by atoms with E-state index in [2.05, 4.69) is 0 Å². The Morgan fingerprint density at radius 3 is 2.57 bits per heavy atom. The zero-order valence-electron chi connectivity index (χ0n) is 11.3. The van der Waals surface area contributed by atoms with E-state index in [-0.39, 0.29) is 0 Å². The monoisotopic (exact) mass is 296 g/mol. The largest absolute Gasteiger partial charge is 0.487 e. The Hall–Kier alpha value is -2.32. The molecule has 104 valence electrons. The summed E-state index contributed by atoms with van der Waals surface area (Å²) < 4.78 is 5.79. The smallest absolute Gasteiger partial charge is 0.150 e. The fraction of sp³-hybridized carbons (Fsp3) is 0.0556. The van der Waals surface area contributed by atoms with Crippen molar-refractivity contribution in [3.63, 3.8) is 0 Å². The van der Waals surface area contributed by atoms with Crippen LogP contribution in [-0.2, 0) is 6.61 Å². The predicted octanol–water partition coefficient (Wildman–Crippen LogP) is 4.88. The molecule has 0 heterocycles. The summed E-state index contributed by atoms with van der Waals surface area (Å²) >= 11 is 6.39. The molecule has 2 nitrogen and oxygen atoms in total. The van der Waals surface area contributed by atoms with Crippen molar-refractivity contribution in [2.75, 3.05) is 0 Å². The topological polar surface area (TPSA) is 26.3 Å². The quantitative estimate of drug-likeness (QED) is 0.641. The average Bonchev–Trinajstić information content (AvgIpc) is 2.55. The van der Waals surface area contributed by atoms with Crippen molar-refractivity contribution in [3.05, 3.63) is 76.8 Å². The third-order valence-corrected chi connectivity index (χ3v) is 3.71. The van der Waals surface area contributed by atoms with Crippen molar-refractivity contribution in [2.45, 2.75) is 6.61 Å². The van der Waals surface area contributed by atoms with Gasteiger partial charge < -0.3 is 4.74 Å². The minimum atomic E-state index is 0.471. The van der Waals surface area contributed by atoms with Gasteiger partial charge in [0.05, 0.1) is 5.02 Å². The highest BCUT2D eigenvalue weighted by Gasteiger charge is 2.07. The summed E-state index contributed by atoms with van der Waals surface area (Å²) in [4.78, 5) is 10.8. The van der Waals surface area contributed by atoms with Crippen molar-refractivity contribution < 1.29 is 9.53 Å².